The highest BCUT2D eigenvalue weighted by Crippen LogP contribution is 2.13. The summed E-state index contributed by atoms with van der Waals surface area (Å²) < 4.78 is 0. The molecule has 4 heteroatoms. The summed E-state index contributed by atoms with van der Waals surface area (Å²) in [4.78, 5) is 22.3. The first-order valence-electron chi connectivity index (χ1n) is 5.51. The van der Waals surface area contributed by atoms with Gasteiger partial charge in [-0.05, 0) is 12.5 Å². The number of amides is 2. The summed E-state index contributed by atoms with van der Waals surface area (Å²) in [5.74, 6) is -0.543. The Kier molecular flexibility index (Phi) is 3.23. The van der Waals surface area contributed by atoms with E-state index in [1.165, 1.54) is 0 Å². The van der Waals surface area contributed by atoms with E-state index < -0.39 is 0 Å². The minimum absolute atomic E-state index is 0.104. The Hall–Kier alpha value is -2.10. The third-order valence-corrected chi connectivity index (χ3v) is 2.70. The standard InChI is InChI=1S/C13H14N2O2/c1-9(10-5-3-2-4-6-10)14-8-11-7-12(16)15-13(11)17/h2-6,8-9,14H,7H2,1H3,(H,15,16,17)/b11-8+/t9-/m1/s1. The molecule has 0 radical (unpaired) electrons. The lowest BCUT2D eigenvalue weighted by Gasteiger charge is -2.12. The van der Waals surface area contributed by atoms with Crippen molar-refractivity contribution in [3.8, 4) is 0 Å². The van der Waals surface area contributed by atoms with Gasteiger partial charge >= 0.3 is 0 Å². The van der Waals surface area contributed by atoms with Crippen molar-refractivity contribution in [2.75, 3.05) is 0 Å². The van der Waals surface area contributed by atoms with Gasteiger partial charge in [0.05, 0.1) is 6.42 Å². The topological polar surface area (TPSA) is 58.2 Å². The zero-order valence-electron chi connectivity index (χ0n) is 9.57. The molecule has 4 nitrogen and oxygen atoms in total. The summed E-state index contributed by atoms with van der Waals surface area (Å²) in [6.07, 6.45) is 1.78. The quantitative estimate of drug-likeness (QED) is 0.607. The minimum Gasteiger partial charge on any atom is -0.384 e. The van der Waals surface area contributed by atoms with E-state index in [0.717, 1.165) is 5.56 Å². The molecule has 2 rings (SSSR count). The molecule has 2 N–H and O–H groups in total. The molecule has 1 aromatic rings. The van der Waals surface area contributed by atoms with Crippen molar-refractivity contribution in [1.29, 1.82) is 0 Å². The highest BCUT2D eigenvalue weighted by atomic mass is 16.2. The lowest BCUT2D eigenvalue weighted by atomic mass is 10.1. The van der Waals surface area contributed by atoms with E-state index in [9.17, 15) is 9.59 Å². The van der Waals surface area contributed by atoms with E-state index in [0.29, 0.717) is 5.57 Å². The fourth-order valence-electron chi connectivity index (χ4n) is 1.68. The molecule has 1 atom stereocenters. The first-order chi connectivity index (χ1) is 8.16. The summed E-state index contributed by atoms with van der Waals surface area (Å²) >= 11 is 0. The molecule has 1 saturated heterocycles. The van der Waals surface area contributed by atoms with Crippen LogP contribution in [0.1, 0.15) is 24.9 Å². The lowest BCUT2D eigenvalue weighted by molar-refractivity contribution is -0.124. The molecular formula is C13H14N2O2. The van der Waals surface area contributed by atoms with Crippen molar-refractivity contribution < 1.29 is 9.59 Å². The fourth-order valence-corrected chi connectivity index (χ4v) is 1.68. The highest BCUT2D eigenvalue weighted by molar-refractivity contribution is 6.13. The third-order valence-electron chi connectivity index (χ3n) is 2.70. The van der Waals surface area contributed by atoms with Crippen LogP contribution in [0.15, 0.2) is 42.1 Å². The maximum absolute atomic E-state index is 11.3. The van der Waals surface area contributed by atoms with Gasteiger partial charge in [-0.15, -0.1) is 0 Å². The number of hydrogen-bond donors (Lipinski definition) is 2. The molecule has 0 bridgehead atoms. The van der Waals surface area contributed by atoms with Crippen molar-refractivity contribution in [3.05, 3.63) is 47.7 Å². The van der Waals surface area contributed by atoms with Gasteiger partial charge in [0, 0.05) is 17.8 Å². The second-order valence-electron chi connectivity index (χ2n) is 4.02. The molecule has 0 aliphatic carbocycles. The molecule has 1 heterocycles. The van der Waals surface area contributed by atoms with Crippen LogP contribution in [0.4, 0.5) is 0 Å². The van der Waals surface area contributed by atoms with Gasteiger partial charge in [-0.1, -0.05) is 30.3 Å². The zero-order valence-corrected chi connectivity index (χ0v) is 9.57. The van der Waals surface area contributed by atoms with E-state index >= 15 is 0 Å². The van der Waals surface area contributed by atoms with Gasteiger partial charge in [0.2, 0.25) is 5.91 Å². The molecule has 1 fully saturated rings. The van der Waals surface area contributed by atoms with Crippen molar-refractivity contribution in [3.63, 3.8) is 0 Å². The Bertz CT molecular complexity index is 466. The first-order valence-corrected chi connectivity index (χ1v) is 5.51. The number of hydrogen-bond acceptors (Lipinski definition) is 3. The highest BCUT2D eigenvalue weighted by Gasteiger charge is 2.23. The Balaban J connectivity index is 2.01. The van der Waals surface area contributed by atoms with E-state index in [4.69, 9.17) is 0 Å². The first kappa shape index (κ1) is 11.4. The number of nitrogens with one attached hydrogen (secondary N) is 2. The van der Waals surface area contributed by atoms with Crippen LogP contribution in [0, 0.1) is 0 Å². The summed E-state index contributed by atoms with van der Waals surface area (Å²) in [6, 6.07) is 10.0. The summed E-state index contributed by atoms with van der Waals surface area (Å²) in [6.45, 7) is 2.00. The van der Waals surface area contributed by atoms with E-state index in [1.807, 2.05) is 37.3 Å². The van der Waals surface area contributed by atoms with Crippen molar-refractivity contribution >= 4 is 11.8 Å². The molecular weight excluding hydrogens is 216 g/mol. The van der Waals surface area contributed by atoms with Crippen LogP contribution in [0.5, 0.6) is 0 Å². The Morgan fingerprint density at radius 3 is 2.59 bits per heavy atom. The third kappa shape index (κ3) is 2.72. The van der Waals surface area contributed by atoms with Crippen molar-refractivity contribution in [2.24, 2.45) is 0 Å². The van der Waals surface area contributed by atoms with E-state index in [1.54, 1.807) is 6.20 Å². The second-order valence-corrected chi connectivity index (χ2v) is 4.02. The largest absolute Gasteiger partial charge is 0.384 e. The lowest BCUT2D eigenvalue weighted by Crippen LogP contribution is -2.20. The zero-order chi connectivity index (χ0) is 12.3. The van der Waals surface area contributed by atoms with Crippen LogP contribution < -0.4 is 10.6 Å². The van der Waals surface area contributed by atoms with Crippen LogP contribution in [-0.2, 0) is 9.59 Å². The van der Waals surface area contributed by atoms with E-state index in [-0.39, 0.29) is 24.3 Å². The normalized spacial score (nSPS) is 19.2. The van der Waals surface area contributed by atoms with Gasteiger partial charge in [-0.3, -0.25) is 14.9 Å². The van der Waals surface area contributed by atoms with Crippen LogP contribution in [0.2, 0.25) is 0 Å². The van der Waals surface area contributed by atoms with Crippen LogP contribution in [0.3, 0.4) is 0 Å². The summed E-state index contributed by atoms with van der Waals surface area (Å²) in [5, 5.41) is 5.36. The summed E-state index contributed by atoms with van der Waals surface area (Å²) in [7, 11) is 0. The molecule has 1 aliphatic heterocycles. The molecule has 17 heavy (non-hydrogen) atoms. The molecule has 0 aromatic heterocycles. The number of carbonyl (C=O) groups excluding carboxylic acids is 2. The Morgan fingerprint density at radius 1 is 1.29 bits per heavy atom. The van der Waals surface area contributed by atoms with Gasteiger partial charge in [0.15, 0.2) is 0 Å². The predicted octanol–water partition coefficient (Wildman–Crippen LogP) is 1.27. The molecule has 1 aromatic carbocycles. The fraction of sp³-hybridized carbons (Fsp3) is 0.231. The summed E-state index contributed by atoms with van der Waals surface area (Å²) in [5.41, 5.74) is 1.62. The molecule has 2 amide bonds. The van der Waals surface area contributed by atoms with Crippen molar-refractivity contribution in [1.82, 2.24) is 10.6 Å². The molecule has 1 aliphatic rings. The molecule has 0 spiro atoms. The number of rotatable bonds is 3. The maximum atomic E-state index is 11.3. The number of benzene rings is 1. The second kappa shape index (κ2) is 4.82. The average Bonchev–Trinajstić information content (AvgIpc) is 2.66. The van der Waals surface area contributed by atoms with Gasteiger partial charge in [0.1, 0.15) is 0 Å². The SMILES string of the molecule is C[C@@H](N/C=C1\CC(=O)NC1=O)c1ccccc1. The Labute approximate surface area is 99.7 Å². The minimum atomic E-state index is -0.303. The van der Waals surface area contributed by atoms with Gasteiger partial charge in [0.25, 0.3) is 5.91 Å². The number of carbonyl (C=O) groups is 2. The average molecular weight is 230 g/mol. The van der Waals surface area contributed by atoms with Gasteiger partial charge in [-0.25, -0.2) is 0 Å². The van der Waals surface area contributed by atoms with Crippen molar-refractivity contribution in [2.45, 2.75) is 19.4 Å². The van der Waals surface area contributed by atoms with Gasteiger partial charge < -0.3 is 5.32 Å². The molecule has 0 saturated carbocycles. The molecule has 0 unspecified atom stereocenters. The predicted molar refractivity (Wildman–Crippen MR) is 63.8 cm³/mol. The van der Waals surface area contributed by atoms with E-state index in [2.05, 4.69) is 10.6 Å². The molecule has 88 valence electrons. The smallest absolute Gasteiger partial charge is 0.255 e. The monoisotopic (exact) mass is 230 g/mol. The van der Waals surface area contributed by atoms with Crippen LogP contribution >= 0.6 is 0 Å². The van der Waals surface area contributed by atoms with Gasteiger partial charge in [-0.2, -0.15) is 0 Å². The maximum Gasteiger partial charge on any atom is 0.255 e. The van der Waals surface area contributed by atoms with Crippen LogP contribution in [0.25, 0.3) is 0 Å². The Morgan fingerprint density at radius 2 is 2.00 bits per heavy atom. The van der Waals surface area contributed by atoms with Crippen LogP contribution in [-0.4, -0.2) is 11.8 Å². The number of imide groups is 1.